The lowest BCUT2D eigenvalue weighted by Gasteiger charge is -2.16. The molecule has 2 aromatic carbocycles. The molecule has 0 aliphatic carbocycles. The number of nitrogens with zero attached hydrogens (tertiary/aromatic N) is 1. The Bertz CT molecular complexity index is 886. The Morgan fingerprint density at radius 2 is 1.85 bits per heavy atom. The Balaban J connectivity index is 1.92. The fraction of sp³-hybridized carbons (Fsp3) is 0.304. The van der Waals surface area contributed by atoms with Gasteiger partial charge in [-0.25, -0.2) is 0 Å². The highest BCUT2D eigenvalue weighted by Crippen LogP contribution is 2.28. The third kappa shape index (κ3) is 4.17. The first-order valence-electron chi connectivity index (χ1n) is 9.11. The highest BCUT2D eigenvalue weighted by Gasteiger charge is 2.16. The maximum Gasteiger partial charge on any atom is 0.118 e. The van der Waals surface area contributed by atoms with Gasteiger partial charge in [-0.15, -0.1) is 0 Å². The largest absolute Gasteiger partial charge is 0.497 e. The van der Waals surface area contributed by atoms with Crippen LogP contribution < -0.4 is 4.74 Å². The zero-order valence-corrected chi connectivity index (χ0v) is 15.8. The van der Waals surface area contributed by atoms with Gasteiger partial charge in [-0.05, 0) is 61.9 Å². The second-order valence-electron chi connectivity index (χ2n) is 6.94. The topological polar surface area (TPSA) is 34.4 Å². The molecule has 0 spiro atoms. The van der Waals surface area contributed by atoms with Crippen molar-refractivity contribution in [1.29, 1.82) is 0 Å². The molecule has 3 aromatic rings. The molecule has 0 radical (unpaired) electrons. The summed E-state index contributed by atoms with van der Waals surface area (Å²) in [5, 5.41) is 12.0. The lowest BCUT2D eigenvalue weighted by molar-refractivity contribution is 0.160. The molecule has 3 rings (SSSR count). The van der Waals surface area contributed by atoms with Crippen molar-refractivity contribution < 1.29 is 9.84 Å². The zero-order valence-electron chi connectivity index (χ0n) is 15.8. The van der Waals surface area contributed by atoms with Gasteiger partial charge >= 0.3 is 0 Å². The van der Waals surface area contributed by atoms with Crippen molar-refractivity contribution in [2.24, 2.45) is 0 Å². The van der Waals surface area contributed by atoms with E-state index in [2.05, 4.69) is 54.8 Å². The predicted molar refractivity (Wildman–Crippen MR) is 108 cm³/mol. The van der Waals surface area contributed by atoms with E-state index < -0.39 is 6.10 Å². The molecule has 0 bridgehead atoms. The summed E-state index contributed by atoms with van der Waals surface area (Å²) in [5.41, 5.74) is 4.60. The molecule has 0 saturated carbocycles. The summed E-state index contributed by atoms with van der Waals surface area (Å²) in [4.78, 5) is 0. The number of para-hydroxylation sites is 1. The number of allylic oxidation sites excluding steroid dienone is 2. The molecule has 0 fully saturated rings. The van der Waals surface area contributed by atoms with Crippen LogP contribution in [0.5, 0.6) is 5.75 Å². The molecule has 1 N–H and O–H groups in total. The van der Waals surface area contributed by atoms with Crippen molar-refractivity contribution in [3.63, 3.8) is 0 Å². The number of aliphatic hydroxyl groups excluding tert-OH is 1. The predicted octanol–water partition coefficient (Wildman–Crippen LogP) is 5.48. The monoisotopic (exact) mass is 349 g/mol. The minimum Gasteiger partial charge on any atom is -0.497 e. The average molecular weight is 349 g/mol. The van der Waals surface area contributed by atoms with E-state index in [-0.39, 0.29) is 0 Å². The van der Waals surface area contributed by atoms with Gasteiger partial charge < -0.3 is 14.4 Å². The normalized spacial score (nSPS) is 12.2. The first-order chi connectivity index (χ1) is 12.6. The van der Waals surface area contributed by atoms with E-state index >= 15 is 0 Å². The number of fused-ring (bicyclic) bond motifs is 1. The summed E-state index contributed by atoms with van der Waals surface area (Å²) in [6.07, 6.45) is 3.31. The third-order valence-electron chi connectivity index (χ3n) is 4.68. The van der Waals surface area contributed by atoms with E-state index in [1.807, 2.05) is 24.3 Å². The fourth-order valence-corrected chi connectivity index (χ4v) is 3.28. The van der Waals surface area contributed by atoms with Gasteiger partial charge in [0.15, 0.2) is 0 Å². The van der Waals surface area contributed by atoms with Gasteiger partial charge in [0.2, 0.25) is 0 Å². The van der Waals surface area contributed by atoms with Crippen molar-refractivity contribution in [2.45, 2.75) is 39.3 Å². The summed E-state index contributed by atoms with van der Waals surface area (Å²) in [7, 11) is 1.68. The SMILES string of the molecule is COc1ccc(Cn2c(C(O)CCC=C(C)C)cc3ccccc32)cc1. The molecule has 26 heavy (non-hydrogen) atoms. The molecule has 3 heteroatoms. The molecule has 0 aliphatic rings. The number of hydrogen-bond acceptors (Lipinski definition) is 2. The number of rotatable bonds is 7. The zero-order chi connectivity index (χ0) is 18.5. The van der Waals surface area contributed by atoms with Crippen molar-refractivity contribution >= 4 is 10.9 Å². The Hall–Kier alpha value is -2.52. The standard InChI is InChI=1S/C23H27NO2/c1-17(2)7-6-10-23(25)22-15-19-8-4-5-9-21(19)24(22)16-18-11-13-20(26-3)14-12-18/h4-5,7-9,11-15,23,25H,6,10,16H2,1-3H3. The molecule has 1 heterocycles. The molecule has 1 unspecified atom stereocenters. The van der Waals surface area contributed by atoms with Crippen LogP contribution in [0.4, 0.5) is 0 Å². The van der Waals surface area contributed by atoms with Gasteiger partial charge in [0, 0.05) is 17.8 Å². The van der Waals surface area contributed by atoms with E-state index in [0.717, 1.165) is 41.7 Å². The second kappa shape index (κ2) is 8.24. The van der Waals surface area contributed by atoms with E-state index in [9.17, 15) is 5.11 Å². The molecular formula is C23H27NO2. The van der Waals surface area contributed by atoms with Crippen LogP contribution in [-0.2, 0) is 6.54 Å². The smallest absolute Gasteiger partial charge is 0.118 e. The Morgan fingerprint density at radius 3 is 2.54 bits per heavy atom. The molecular weight excluding hydrogens is 322 g/mol. The summed E-state index contributed by atoms with van der Waals surface area (Å²) < 4.78 is 7.47. The second-order valence-corrected chi connectivity index (χ2v) is 6.94. The number of ether oxygens (including phenoxy) is 1. The van der Waals surface area contributed by atoms with Gasteiger partial charge in [0.05, 0.1) is 13.2 Å². The molecule has 0 aliphatic heterocycles. The molecule has 0 amide bonds. The maximum absolute atomic E-state index is 10.8. The summed E-state index contributed by atoms with van der Waals surface area (Å²) >= 11 is 0. The third-order valence-corrected chi connectivity index (χ3v) is 4.68. The quantitative estimate of drug-likeness (QED) is 0.573. The van der Waals surface area contributed by atoms with Gasteiger partial charge in [0.25, 0.3) is 0 Å². The number of hydrogen-bond donors (Lipinski definition) is 1. The molecule has 136 valence electrons. The first kappa shape index (κ1) is 18.3. The minimum absolute atomic E-state index is 0.476. The summed E-state index contributed by atoms with van der Waals surface area (Å²) in [6.45, 7) is 4.91. The maximum atomic E-state index is 10.8. The van der Waals surface area contributed by atoms with Crippen LogP contribution in [0.25, 0.3) is 10.9 Å². The van der Waals surface area contributed by atoms with Crippen LogP contribution in [0.3, 0.4) is 0 Å². The highest BCUT2D eigenvalue weighted by molar-refractivity contribution is 5.81. The number of methoxy groups -OCH3 is 1. The van der Waals surface area contributed by atoms with Gasteiger partial charge in [-0.3, -0.25) is 0 Å². The Labute approximate surface area is 155 Å². The molecule has 0 saturated heterocycles. The van der Waals surface area contributed by atoms with E-state index in [1.165, 1.54) is 11.1 Å². The van der Waals surface area contributed by atoms with Crippen LogP contribution in [0, 0.1) is 0 Å². The minimum atomic E-state index is -0.476. The molecule has 1 aromatic heterocycles. The Morgan fingerprint density at radius 1 is 1.12 bits per heavy atom. The Kier molecular flexibility index (Phi) is 5.79. The molecule has 3 nitrogen and oxygen atoms in total. The van der Waals surface area contributed by atoms with Gasteiger partial charge in [-0.2, -0.15) is 0 Å². The first-order valence-corrected chi connectivity index (χ1v) is 9.11. The number of benzene rings is 2. The van der Waals surface area contributed by atoms with Crippen molar-refractivity contribution in [1.82, 2.24) is 4.57 Å². The fourth-order valence-electron chi connectivity index (χ4n) is 3.28. The van der Waals surface area contributed by atoms with Crippen molar-refractivity contribution in [2.75, 3.05) is 7.11 Å². The summed E-state index contributed by atoms with van der Waals surface area (Å²) in [5.74, 6) is 0.855. The van der Waals surface area contributed by atoms with Crippen LogP contribution >= 0.6 is 0 Å². The molecule has 1 atom stereocenters. The van der Waals surface area contributed by atoms with Crippen LogP contribution in [0.2, 0.25) is 0 Å². The highest BCUT2D eigenvalue weighted by atomic mass is 16.5. The average Bonchev–Trinajstić information content (AvgIpc) is 3.01. The van der Waals surface area contributed by atoms with Crippen molar-refractivity contribution in [3.8, 4) is 5.75 Å². The van der Waals surface area contributed by atoms with Crippen LogP contribution in [0.1, 0.15) is 44.1 Å². The van der Waals surface area contributed by atoms with E-state index in [4.69, 9.17) is 4.74 Å². The number of aromatic nitrogens is 1. The van der Waals surface area contributed by atoms with Gasteiger partial charge in [0.1, 0.15) is 5.75 Å². The van der Waals surface area contributed by atoms with E-state index in [1.54, 1.807) is 7.11 Å². The van der Waals surface area contributed by atoms with E-state index in [0.29, 0.717) is 0 Å². The van der Waals surface area contributed by atoms with Gasteiger partial charge in [-0.1, -0.05) is 42.0 Å². The van der Waals surface area contributed by atoms with Crippen LogP contribution in [-0.4, -0.2) is 16.8 Å². The lowest BCUT2D eigenvalue weighted by atomic mass is 10.1. The lowest BCUT2D eigenvalue weighted by Crippen LogP contribution is -2.08. The van der Waals surface area contributed by atoms with Crippen LogP contribution in [0.15, 0.2) is 66.2 Å². The summed E-state index contributed by atoms with van der Waals surface area (Å²) in [6, 6.07) is 18.5. The van der Waals surface area contributed by atoms with Crippen molar-refractivity contribution in [3.05, 3.63) is 77.5 Å². The number of aliphatic hydroxyl groups is 1.